The molecule has 0 bridgehead atoms. The number of aryl methyl sites for hydroxylation is 3. The number of hydrogen-bond donors (Lipinski definition) is 0. The van der Waals surface area contributed by atoms with Crippen LogP contribution in [0.25, 0.3) is 11.8 Å². The third-order valence-electron chi connectivity index (χ3n) is 4.42. The summed E-state index contributed by atoms with van der Waals surface area (Å²) in [5.74, 6) is -0.739. The van der Waals surface area contributed by atoms with Crippen LogP contribution in [0.4, 0.5) is 0 Å². The van der Waals surface area contributed by atoms with Gasteiger partial charge in [-0.25, -0.2) is 9.48 Å². The lowest BCUT2D eigenvalue weighted by atomic mass is 10.1. The first-order chi connectivity index (χ1) is 13.4. The maximum absolute atomic E-state index is 12.2. The summed E-state index contributed by atoms with van der Waals surface area (Å²) < 4.78 is 6.96. The number of rotatable bonds is 6. The molecule has 0 atom stereocenters. The zero-order chi connectivity index (χ0) is 20.3. The minimum Gasteiger partial charge on any atom is -0.454 e. The summed E-state index contributed by atoms with van der Waals surface area (Å²) >= 11 is 1.56. The Hall–Kier alpha value is -2.99. The van der Waals surface area contributed by atoms with Crippen LogP contribution >= 0.6 is 11.3 Å². The van der Waals surface area contributed by atoms with Crippen molar-refractivity contribution in [1.82, 2.24) is 9.78 Å². The standard InChI is InChI=1S/C22H22N2O3S/c1-14-12-20(17(4)28-14)21(25)13-27-22(26)11-10-19-15(2)23-24(16(19)3)18-8-6-5-7-9-18/h5-12H,13H2,1-4H3/b11-10+. The molecule has 0 fully saturated rings. The number of para-hydroxylation sites is 1. The second-order valence-electron chi connectivity index (χ2n) is 6.52. The van der Waals surface area contributed by atoms with Crippen LogP contribution in [0, 0.1) is 27.7 Å². The maximum Gasteiger partial charge on any atom is 0.331 e. The van der Waals surface area contributed by atoms with E-state index in [1.165, 1.54) is 6.08 Å². The normalized spacial score (nSPS) is 11.1. The van der Waals surface area contributed by atoms with Crippen molar-refractivity contribution in [3.63, 3.8) is 0 Å². The number of Topliss-reactive ketones (excluding diaryl/α,β-unsaturated/α-hetero) is 1. The van der Waals surface area contributed by atoms with Gasteiger partial charge in [0.05, 0.1) is 11.4 Å². The quantitative estimate of drug-likeness (QED) is 0.348. The second kappa shape index (κ2) is 8.35. The highest BCUT2D eigenvalue weighted by atomic mass is 32.1. The second-order valence-corrected chi connectivity index (χ2v) is 7.98. The van der Waals surface area contributed by atoms with E-state index in [2.05, 4.69) is 5.10 Å². The molecule has 5 nitrogen and oxygen atoms in total. The largest absolute Gasteiger partial charge is 0.454 e. The molecule has 0 spiro atoms. The highest BCUT2D eigenvalue weighted by Crippen LogP contribution is 2.21. The predicted octanol–water partition coefficient (Wildman–Crippen LogP) is 4.61. The van der Waals surface area contributed by atoms with E-state index in [9.17, 15) is 9.59 Å². The summed E-state index contributed by atoms with van der Waals surface area (Å²) in [7, 11) is 0. The lowest BCUT2D eigenvalue weighted by molar-refractivity contribution is -0.136. The van der Waals surface area contributed by atoms with Gasteiger partial charge in [-0.2, -0.15) is 5.10 Å². The number of thiophene rings is 1. The van der Waals surface area contributed by atoms with Crippen LogP contribution in [0.5, 0.6) is 0 Å². The Kier molecular flexibility index (Phi) is 5.90. The molecular weight excluding hydrogens is 372 g/mol. The zero-order valence-corrected chi connectivity index (χ0v) is 17.2. The van der Waals surface area contributed by atoms with Crippen molar-refractivity contribution in [2.24, 2.45) is 0 Å². The van der Waals surface area contributed by atoms with Gasteiger partial charge in [0.1, 0.15) is 0 Å². The first-order valence-corrected chi connectivity index (χ1v) is 9.75. The fourth-order valence-electron chi connectivity index (χ4n) is 3.04. The van der Waals surface area contributed by atoms with Crippen molar-refractivity contribution >= 4 is 29.2 Å². The van der Waals surface area contributed by atoms with Gasteiger partial charge in [0.2, 0.25) is 5.78 Å². The summed E-state index contributed by atoms with van der Waals surface area (Å²) in [6, 6.07) is 11.6. The number of ether oxygens (including phenoxy) is 1. The van der Waals surface area contributed by atoms with Crippen LogP contribution in [0.3, 0.4) is 0 Å². The van der Waals surface area contributed by atoms with Gasteiger partial charge in [-0.3, -0.25) is 4.79 Å². The molecule has 0 amide bonds. The summed E-state index contributed by atoms with van der Waals surface area (Å²) in [6.07, 6.45) is 3.02. The molecule has 0 aliphatic heterocycles. The Balaban J connectivity index is 1.67. The molecule has 0 saturated carbocycles. The van der Waals surface area contributed by atoms with E-state index < -0.39 is 5.97 Å². The minimum absolute atomic E-state index is 0.187. The number of ketones is 1. The van der Waals surface area contributed by atoms with Crippen molar-refractivity contribution in [1.29, 1.82) is 0 Å². The Bertz CT molecular complexity index is 1050. The summed E-state index contributed by atoms with van der Waals surface area (Å²) in [4.78, 5) is 26.3. The number of carbonyl (C=O) groups excluding carboxylic acids is 2. The van der Waals surface area contributed by atoms with Crippen LogP contribution in [-0.2, 0) is 9.53 Å². The summed E-state index contributed by atoms with van der Waals surface area (Å²) in [6.45, 7) is 7.42. The molecule has 0 radical (unpaired) electrons. The molecule has 0 N–H and O–H groups in total. The van der Waals surface area contributed by atoms with Crippen LogP contribution in [0.15, 0.2) is 42.5 Å². The van der Waals surface area contributed by atoms with Gasteiger partial charge in [-0.05, 0) is 52.0 Å². The van der Waals surface area contributed by atoms with Crippen LogP contribution in [0.2, 0.25) is 0 Å². The Morgan fingerprint density at radius 2 is 1.86 bits per heavy atom. The van der Waals surface area contributed by atoms with E-state index in [0.29, 0.717) is 5.56 Å². The summed E-state index contributed by atoms with van der Waals surface area (Å²) in [5, 5.41) is 4.54. The van der Waals surface area contributed by atoms with Gasteiger partial charge in [-0.1, -0.05) is 18.2 Å². The van der Waals surface area contributed by atoms with E-state index in [0.717, 1.165) is 32.4 Å². The van der Waals surface area contributed by atoms with E-state index in [1.807, 2.05) is 68.8 Å². The zero-order valence-electron chi connectivity index (χ0n) is 16.4. The topological polar surface area (TPSA) is 61.2 Å². The highest BCUT2D eigenvalue weighted by Gasteiger charge is 2.14. The maximum atomic E-state index is 12.2. The molecule has 0 unspecified atom stereocenters. The van der Waals surface area contributed by atoms with Crippen molar-refractivity contribution in [2.45, 2.75) is 27.7 Å². The van der Waals surface area contributed by atoms with Crippen LogP contribution < -0.4 is 0 Å². The number of aromatic nitrogens is 2. The molecule has 2 aromatic heterocycles. The Morgan fingerprint density at radius 3 is 2.50 bits per heavy atom. The molecule has 2 heterocycles. The SMILES string of the molecule is Cc1cc(C(=O)COC(=O)/C=C/c2c(C)nn(-c3ccccc3)c2C)c(C)s1. The van der Waals surface area contributed by atoms with E-state index in [1.54, 1.807) is 17.4 Å². The van der Waals surface area contributed by atoms with E-state index in [-0.39, 0.29) is 12.4 Å². The lowest BCUT2D eigenvalue weighted by Crippen LogP contribution is -2.12. The third-order valence-corrected chi connectivity index (χ3v) is 5.39. The van der Waals surface area contributed by atoms with Crippen molar-refractivity contribution < 1.29 is 14.3 Å². The average Bonchev–Trinajstić information content (AvgIpc) is 3.16. The lowest BCUT2D eigenvalue weighted by Gasteiger charge is -2.03. The van der Waals surface area contributed by atoms with Gasteiger partial charge in [0.25, 0.3) is 0 Å². The minimum atomic E-state index is -0.552. The van der Waals surface area contributed by atoms with Gasteiger partial charge in [0.15, 0.2) is 6.61 Å². The number of hydrogen-bond acceptors (Lipinski definition) is 5. The molecule has 3 rings (SSSR count). The highest BCUT2D eigenvalue weighted by molar-refractivity contribution is 7.12. The monoisotopic (exact) mass is 394 g/mol. The molecule has 0 saturated heterocycles. The summed E-state index contributed by atoms with van der Waals surface area (Å²) in [5.41, 5.74) is 4.17. The van der Waals surface area contributed by atoms with Crippen molar-refractivity contribution in [3.05, 3.63) is 74.7 Å². The fourth-order valence-corrected chi connectivity index (χ4v) is 3.98. The van der Waals surface area contributed by atoms with Gasteiger partial charge in [-0.15, -0.1) is 11.3 Å². The number of carbonyl (C=O) groups is 2. The fraction of sp³-hybridized carbons (Fsp3) is 0.227. The first kappa shape index (κ1) is 19.8. The van der Waals surface area contributed by atoms with Crippen LogP contribution in [-0.4, -0.2) is 28.1 Å². The molecule has 6 heteroatoms. The van der Waals surface area contributed by atoms with Crippen molar-refractivity contribution in [3.8, 4) is 5.69 Å². The molecule has 1 aromatic carbocycles. The average molecular weight is 394 g/mol. The van der Waals surface area contributed by atoms with Gasteiger partial charge in [0, 0.05) is 32.7 Å². The van der Waals surface area contributed by atoms with E-state index >= 15 is 0 Å². The third kappa shape index (κ3) is 4.28. The number of nitrogens with zero attached hydrogens (tertiary/aromatic N) is 2. The molecular formula is C22H22N2O3S. The molecule has 28 heavy (non-hydrogen) atoms. The molecule has 0 aliphatic rings. The van der Waals surface area contributed by atoms with Gasteiger partial charge < -0.3 is 4.74 Å². The molecule has 3 aromatic rings. The van der Waals surface area contributed by atoms with E-state index in [4.69, 9.17) is 4.74 Å². The van der Waals surface area contributed by atoms with Crippen LogP contribution in [0.1, 0.15) is 37.1 Å². The first-order valence-electron chi connectivity index (χ1n) is 8.93. The smallest absolute Gasteiger partial charge is 0.331 e. The molecule has 0 aliphatic carbocycles. The number of benzene rings is 1. The van der Waals surface area contributed by atoms with Gasteiger partial charge >= 0.3 is 5.97 Å². The predicted molar refractivity (Wildman–Crippen MR) is 111 cm³/mol. The molecule has 144 valence electrons. The Morgan fingerprint density at radius 1 is 1.14 bits per heavy atom. The number of esters is 1. The Labute approximate surface area is 168 Å². The van der Waals surface area contributed by atoms with Crippen molar-refractivity contribution in [2.75, 3.05) is 6.61 Å².